The molecule has 0 fully saturated rings. The molecule has 3 heteroatoms. The molecule has 3 aromatic carbocycles. The number of rotatable bonds is 4. The molecule has 26 heavy (non-hydrogen) atoms. The Morgan fingerprint density at radius 2 is 1.31 bits per heavy atom. The number of nitrogens with zero attached hydrogens (tertiary/aromatic N) is 3. The molecule has 1 aromatic heterocycles. The number of aromatic nitrogens is 2. The van der Waals surface area contributed by atoms with Crippen molar-refractivity contribution in [2.75, 3.05) is 19.0 Å². The summed E-state index contributed by atoms with van der Waals surface area (Å²) in [7, 11) is 4.10. The van der Waals surface area contributed by atoms with Crippen molar-refractivity contribution < 1.29 is 0 Å². The zero-order valence-corrected chi connectivity index (χ0v) is 15.0. The molecule has 0 saturated heterocycles. The van der Waals surface area contributed by atoms with Gasteiger partial charge in [-0.3, -0.25) is 4.57 Å². The lowest BCUT2D eigenvalue weighted by atomic mass is 10.1. The van der Waals surface area contributed by atoms with Crippen LogP contribution in [-0.4, -0.2) is 23.6 Å². The van der Waals surface area contributed by atoms with Gasteiger partial charge in [0.05, 0.1) is 11.9 Å². The van der Waals surface area contributed by atoms with E-state index >= 15 is 0 Å². The number of imidazole rings is 1. The smallest absolute Gasteiger partial charge is 0.144 e. The summed E-state index contributed by atoms with van der Waals surface area (Å²) in [5.74, 6) is 0.945. The van der Waals surface area contributed by atoms with Crippen LogP contribution in [0.2, 0.25) is 0 Å². The fourth-order valence-electron chi connectivity index (χ4n) is 3.12. The number of hydrogen-bond acceptors (Lipinski definition) is 2. The van der Waals surface area contributed by atoms with Crippen molar-refractivity contribution >= 4 is 5.69 Å². The van der Waals surface area contributed by atoms with E-state index in [1.165, 1.54) is 5.69 Å². The minimum Gasteiger partial charge on any atom is -0.378 e. The SMILES string of the molecule is CN(C)c1ccc(-c2ncc(-c3ccccc3)n2-c2ccccc2)cc1. The molecule has 4 aromatic rings. The Morgan fingerprint density at radius 1 is 0.692 bits per heavy atom. The van der Waals surface area contributed by atoms with Gasteiger partial charge in [-0.1, -0.05) is 48.5 Å². The van der Waals surface area contributed by atoms with Crippen LogP contribution in [-0.2, 0) is 0 Å². The Balaban J connectivity index is 1.89. The highest BCUT2D eigenvalue weighted by molar-refractivity contribution is 5.70. The second-order valence-electron chi connectivity index (χ2n) is 6.45. The average molecular weight is 339 g/mol. The molecule has 0 saturated carbocycles. The Hall–Kier alpha value is -3.33. The van der Waals surface area contributed by atoms with Crippen LogP contribution in [0.4, 0.5) is 5.69 Å². The van der Waals surface area contributed by atoms with E-state index in [4.69, 9.17) is 4.98 Å². The van der Waals surface area contributed by atoms with Crippen molar-refractivity contribution in [3.63, 3.8) is 0 Å². The third-order valence-electron chi connectivity index (χ3n) is 4.49. The minimum absolute atomic E-state index is 0.945. The van der Waals surface area contributed by atoms with Crippen LogP contribution in [0.3, 0.4) is 0 Å². The molecule has 0 radical (unpaired) electrons. The molecule has 0 aliphatic carbocycles. The summed E-state index contributed by atoms with van der Waals surface area (Å²) in [5, 5.41) is 0. The summed E-state index contributed by atoms with van der Waals surface area (Å²) in [6, 6.07) is 29.3. The molecule has 0 spiro atoms. The van der Waals surface area contributed by atoms with Crippen LogP contribution >= 0.6 is 0 Å². The molecular weight excluding hydrogens is 318 g/mol. The van der Waals surface area contributed by atoms with Gasteiger partial charge in [0, 0.05) is 36.6 Å². The average Bonchev–Trinajstić information content (AvgIpc) is 3.14. The van der Waals surface area contributed by atoms with Crippen molar-refractivity contribution in [1.82, 2.24) is 9.55 Å². The quantitative estimate of drug-likeness (QED) is 0.505. The monoisotopic (exact) mass is 339 g/mol. The van der Waals surface area contributed by atoms with E-state index in [2.05, 4.69) is 82.3 Å². The van der Waals surface area contributed by atoms with Crippen molar-refractivity contribution in [1.29, 1.82) is 0 Å². The number of para-hydroxylation sites is 1. The van der Waals surface area contributed by atoms with E-state index in [0.29, 0.717) is 0 Å². The first-order chi connectivity index (χ1) is 12.7. The molecule has 128 valence electrons. The van der Waals surface area contributed by atoms with E-state index in [-0.39, 0.29) is 0 Å². The lowest BCUT2D eigenvalue weighted by Gasteiger charge is -2.15. The van der Waals surface area contributed by atoms with Gasteiger partial charge in [0.1, 0.15) is 5.82 Å². The Morgan fingerprint density at radius 3 is 1.92 bits per heavy atom. The minimum atomic E-state index is 0.945. The highest BCUT2D eigenvalue weighted by Crippen LogP contribution is 2.30. The molecule has 0 unspecified atom stereocenters. The first kappa shape index (κ1) is 16.2. The van der Waals surface area contributed by atoms with E-state index < -0.39 is 0 Å². The fraction of sp³-hybridized carbons (Fsp3) is 0.0870. The second kappa shape index (κ2) is 6.89. The molecular formula is C23H21N3. The maximum absolute atomic E-state index is 4.76. The summed E-state index contributed by atoms with van der Waals surface area (Å²) < 4.78 is 2.22. The van der Waals surface area contributed by atoms with Gasteiger partial charge in [0.25, 0.3) is 0 Å². The predicted octanol–water partition coefficient (Wildman–Crippen LogP) is 5.27. The Labute approximate surface area is 154 Å². The fourth-order valence-corrected chi connectivity index (χ4v) is 3.12. The first-order valence-corrected chi connectivity index (χ1v) is 8.70. The molecule has 3 nitrogen and oxygen atoms in total. The van der Waals surface area contributed by atoms with Crippen molar-refractivity contribution in [3.05, 3.63) is 91.1 Å². The van der Waals surface area contributed by atoms with Gasteiger partial charge in [-0.15, -0.1) is 0 Å². The van der Waals surface area contributed by atoms with E-state index in [1.807, 2.05) is 32.4 Å². The summed E-state index contributed by atoms with van der Waals surface area (Å²) >= 11 is 0. The highest BCUT2D eigenvalue weighted by Gasteiger charge is 2.15. The maximum Gasteiger partial charge on any atom is 0.144 e. The van der Waals surface area contributed by atoms with Crippen molar-refractivity contribution in [2.45, 2.75) is 0 Å². The normalized spacial score (nSPS) is 10.7. The van der Waals surface area contributed by atoms with Crippen LogP contribution in [0.1, 0.15) is 0 Å². The van der Waals surface area contributed by atoms with Crippen LogP contribution in [0, 0.1) is 0 Å². The summed E-state index contributed by atoms with van der Waals surface area (Å²) in [6.45, 7) is 0. The van der Waals surface area contributed by atoms with E-state index in [1.54, 1.807) is 0 Å². The van der Waals surface area contributed by atoms with Gasteiger partial charge < -0.3 is 4.90 Å². The standard InChI is InChI=1S/C23H21N3/c1-25(2)20-15-13-19(14-16-20)23-24-17-22(18-9-5-3-6-10-18)26(23)21-11-7-4-8-12-21/h3-17H,1-2H3. The van der Waals surface area contributed by atoms with E-state index in [9.17, 15) is 0 Å². The van der Waals surface area contributed by atoms with E-state index in [0.717, 1.165) is 28.3 Å². The van der Waals surface area contributed by atoms with Gasteiger partial charge in [0.15, 0.2) is 0 Å². The molecule has 0 aliphatic heterocycles. The number of benzene rings is 3. The molecule has 1 heterocycles. The highest BCUT2D eigenvalue weighted by atomic mass is 15.1. The van der Waals surface area contributed by atoms with Crippen LogP contribution in [0.15, 0.2) is 91.1 Å². The molecule has 0 amide bonds. The van der Waals surface area contributed by atoms with Gasteiger partial charge in [-0.25, -0.2) is 4.98 Å². The van der Waals surface area contributed by atoms with Crippen LogP contribution in [0.5, 0.6) is 0 Å². The van der Waals surface area contributed by atoms with Crippen LogP contribution < -0.4 is 4.90 Å². The predicted molar refractivity (Wildman–Crippen MR) is 109 cm³/mol. The van der Waals surface area contributed by atoms with Gasteiger partial charge in [-0.2, -0.15) is 0 Å². The van der Waals surface area contributed by atoms with Gasteiger partial charge in [0.2, 0.25) is 0 Å². The summed E-state index contributed by atoms with van der Waals surface area (Å²) in [6.07, 6.45) is 1.96. The summed E-state index contributed by atoms with van der Waals surface area (Å²) in [5.41, 5.74) is 5.62. The molecule has 0 bridgehead atoms. The Bertz CT molecular complexity index is 985. The van der Waals surface area contributed by atoms with Crippen molar-refractivity contribution in [2.24, 2.45) is 0 Å². The lowest BCUT2D eigenvalue weighted by molar-refractivity contribution is 1.07. The first-order valence-electron chi connectivity index (χ1n) is 8.70. The molecule has 0 aliphatic rings. The summed E-state index contributed by atoms with van der Waals surface area (Å²) in [4.78, 5) is 6.86. The lowest BCUT2D eigenvalue weighted by Crippen LogP contribution is -2.08. The zero-order chi connectivity index (χ0) is 17.9. The molecule has 0 atom stereocenters. The largest absolute Gasteiger partial charge is 0.378 e. The molecule has 0 N–H and O–H groups in total. The second-order valence-corrected chi connectivity index (χ2v) is 6.45. The number of anilines is 1. The number of hydrogen-bond donors (Lipinski definition) is 0. The topological polar surface area (TPSA) is 21.1 Å². The Kier molecular flexibility index (Phi) is 4.28. The van der Waals surface area contributed by atoms with Gasteiger partial charge in [-0.05, 0) is 36.4 Å². The third kappa shape index (κ3) is 3.00. The zero-order valence-electron chi connectivity index (χ0n) is 15.0. The molecule has 4 rings (SSSR count). The van der Waals surface area contributed by atoms with Crippen LogP contribution in [0.25, 0.3) is 28.3 Å². The third-order valence-corrected chi connectivity index (χ3v) is 4.49. The van der Waals surface area contributed by atoms with Crippen molar-refractivity contribution in [3.8, 4) is 28.3 Å². The maximum atomic E-state index is 4.76. The van der Waals surface area contributed by atoms with Gasteiger partial charge >= 0.3 is 0 Å².